The Morgan fingerprint density at radius 3 is 2.72 bits per heavy atom. The van der Waals surface area contributed by atoms with Crippen molar-refractivity contribution in [2.45, 2.75) is 0 Å². The number of carboxylic acids is 1. The van der Waals surface area contributed by atoms with E-state index in [1.54, 1.807) is 11.8 Å². The van der Waals surface area contributed by atoms with Gasteiger partial charge in [0, 0.05) is 36.9 Å². The Morgan fingerprint density at radius 1 is 1.50 bits per heavy atom. The molecule has 0 bridgehead atoms. The number of carbonyl (C=O) groups is 1. The molecule has 8 heteroatoms. The van der Waals surface area contributed by atoms with Gasteiger partial charge in [-0.05, 0) is 0 Å². The number of thioether (sulfide) groups is 1. The summed E-state index contributed by atoms with van der Waals surface area (Å²) in [4.78, 5) is 26.9. The van der Waals surface area contributed by atoms with Crippen molar-refractivity contribution in [3.8, 4) is 0 Å². The van der Waals surface area contributed by atoms with Crippen molar-refractivity contribution < 1.29 is 14.8 Å². The number of aromatic nitrogens is 1. The molecule has 0 atom stereocenters. The van der Waals surface area contributed by atoms with Crippen molar-refractivity contribution in [3.05, 3.63) is 27.9 Å². The molecular weight excluding hydrogens is 258 g/mol. The zero-order chi connectivity index (χ0) is 13.1. The molecule has 0 amide bonds. The lowest BCUT2D eigenvalue weighted by Gasteiger charge is -2.26. The monoisotopic (exact) mass is 269 g/mol. The lowest BCUT2D eigenvalue weighted by Crippen LogP contribution is -2.33. The Labute approximate surface area is 107 Å². The van der Waals surface area contributed by atoms with Crippen molar-refractivity contribution >= 4 is 29.2 Å². The van der Waals surface area contributed by atoms with E-state index in [-0.39, 0.29) is 17.1 Å². The summed E-state index contributed by atoms with van der Waals surface area (Å²) in [6.45, 7) is 1.37. The molecule has 0 saturated carbocycles. The molecule has 7 nitrogen and oxygen atoms in total. The molecule has 2 heterocycles. The van der Waals surface area contributed by atoms with Crippen molar-refractivity contribution in [2.75, 3.05) is 29.5 Å². The molecule has 1 fully saturated rings. The summed E-state index contributed by atoms with van der Waals surface area (Å²) in [6.07, 6.45) is 1.16. The van der Waals surface area contributed by atoms with Crippen LogP contribution < -0.4 is 4.90 Å². The van der Waals surface area contributed by atoms with Crippen molar-refractivity contribution in [2.24, 2.45) is 0 Å². The first-order valence-corrected chi connectivity index (χ1v) is 6.45. The largest absolute Gasteiger partial charge is 0.478 e. The van der Waals surface area contributed by atoms with Crippen LogP contribution in [0.1, 0.15) is 10.4 Å². The number of carboxylic acid groups (broad SMARTS) is 1. The number of aromatic carboxylic acids is 1. The summed E-state index contributed by atoms with van der Waals surface area (Å²) in [5.74, 6) is 0.815. The molecule has 1 aliphatic heterocycles. The third kappa shape index (κ3) is 2.53. The van der Waals surface area contributed by atoms with E-state index in [4.69, 9.17) is 5.11 Å². The maximum atomic E-state index is 11.0. The lowest BCUT2D eigenvalue weighted by atomic mass is 10.2. The average molecular weight is 269 g/mol. The van der Waals surface area contributed by atoms with Gasteiger partial charge in [0.1, 0.15) is 0 Å². The quantitative estimate of drug-likeness (QED) is 0.651. The van der Waals surface area contributed by atoms with Gasteiger partial charge in [-0.1, -0.05) is 0 Å². The smallest absolute Gasteiger partial charge is 0.337 e. The van der Waals surface area contributed by atoms with Crippen LogP contribution in [0.25, 0.3) is 0 Å². The van der Waals surface area contributed by atoms with Crippen LogP contribution in [0.5, 0.6) is 0 Å². The van der Waals surface area contributed by atoms with E-state index in [1.807, 2.05) is 4.90 Å². The van der Waals surface area contributed by atoms with E-state index in [2.05, 4.69) is 4.98 Å². The highest BCUT2D eigenvalue weighted by molar-refractivity contribution is 7.99. The van der Waals surface area contributed by atoms with E-state index in [1.165, 1.54) is 0 Å². The van der Waals surface area contributed by atoms with Gasteiger partial charge < -0.3 is 10.0 Å². The first-order valence-electron chi connectivity index (χ1n) is 5.30. The van der Waals surface area contributed by atoms with Gasteiger partial charge >= 0.3 is 11.7 Å². The molecule has 1 aliphatic rings. The minimum Gasteiger partial charge on any atom is -0.478 e. The topological polar surface area (TPSA) is 96.6 Å². The minimum atomic E-state index is -1.22. The summed E-state index contributed by atoms with van der Waals surface area (Å²) < 4.78 is 0. The van der Waals surface area contributed by atoms with Crippen LogP contribution in [0.4, 0.5) is 11.5 Å². The Hall–Kier alpha value is -1.83. The molecule has 0 radical (unpaired) electrons. The molecule has 0 aromatic carbocycles. The number of rotatable bonds is 3. The van der Waals surface area contributed by atoms with Crippen LogP contribution >= 0.6 is 11.8 Å². The van der Waals surface area contributed by atoms with Gasteiger partial charge in [0.2, 0.25) is 5.82 Å². The van der Waals surface area contributed by atoms with E-state index in [0.29, 0.717) is 13.1 Å². The predicted octanol–water partition coefficient (Wildman–Crippen LogP) is 1.24. The van der Waals surface area contributed by atoms with Gasteiger partial charge in [0.15, 0.2) is 0 Å². The van der Waals surface area contributed by atoms with Gasteiger partial charge in [0.25, 0.3) is 0 Å². The molecule has 0 aliphatic carbocycles. The van der Waals surface area contributed by atoms with Crippen molar-refractivity contribution in [3.63, 3.8) is 0 Å². The molecule has 96 valence electrons. The minimum absolute atomic E-state index is 0.170. The fourth-order valence-corrected chi connectivity index (χ4v) is 2.62. The predicted molar refractivity (Wildman–Crippen MR) is 67.4 cm³/mol. The Kier molecular flexibility index (Phi) is 3.66. The third-order valence-electron chi connectivity index (χ3n) is 2.60. The normalized spacial score (nSPS) is 15.4. The average Bonchev–Trinajstić information content (AvgIpc) is 2.39. The third-order valence-corrected chi connectivity index (χ3v) is 3.54. The Bertz CT molecular complexity index is 488. The Morgan fingerprint density at radius 2 is 2.17 bits per heavy atom. The van der Waals surface area contributed by atoms with E-state index >= 15 is 0 Å². The molecule has 2 rings (SSSR count). The first-order chi connectivity index (χ1) is 8.59. The van der Waals surface area contributed by atoms with Gasteiger partial charge in [0.05, 0.1) is 10.5 Å². The van der Waals surface area contributed by atoms with Gasteiger partial charge in [-0.25, -0.2) is 9.78 Å². The van der Waals surface area contributed by atoms with Crippen LogP contribution in [0, 0.1) is 10.1 Å². The molecule has 0 spiro atoms. The summed E-state index contributed by atoms with van der Waals surface area (Å²) >= 11 is 1.78. The second-order valence-electron chi connectivity index (χ2n) is 3.73. The summed E-state index contributed by atoms with van der Waals surface area (Å²) in [5, 5.41) is 19.8. The molecular formula is C10H11N3O4S. The van der Waals surface area contributed by atoms with Crippen molar-refractivity contribution in [1.29, 1.82) is 0 Å². The van der Waals surface area contributed by atoms with Gasteiger partial charge in [-0.3, -0.25) is 10.1 Å². The number of pyridine rings is 1. The fourth-order valence-electron chi connectivity index (χ4n) is 1.72. The summed E-state index contributed by atoms with van der Waals surface area (Å²) in [6, 6.07) is 1.06. The van der Waals surface area contributed by atoms with E-state index < -0.39 is 10.9 Å². The zero-order valence-corrected chi connectivity index (χ0v) is 10.2. The number of anilines is 1. The maximum absolute atomic E-state index is 11.0. The van der Waals surface area contributed by atoms with Gasteiger partial charge in [-0.15, -0.1) is 0 Å². The fraction of sp³-hybridized carbons (Fsp3) is 0.400. The number of nitro groups is 1. The molecule has 1 aromatic heterocycles. The van der Waals surface area contributed by atoms with Crippen LogP contribution in [-0.2, 0) is 0 Å². The zero-order valence-electron chi connectivity index (χ0n) is 9.40. The second-order valence-corrected chi connectivity index (χ2v) is 4.95. The first kappa shape index (κ1) is 12.6. The maximum Gasteiger partial charge on any atom is 0.337 e. The van der Waals surface area contributed by atoms with Gasteiger partial charge in [-0.2, -0.15) is 11.8 Å². The summed E-state index contributed by atoms with van der Waals surface area (Å²) in [7, 11) is 0. The summed E-state index contributed by atoms with van der Waals surface area (Å²) in [5.41, 5.74) is -0.418. The van der Waals surface area contributed by atoms with Crippen LogP contribution in [0.2, 0.25) is 0 Å². The highest BCUT2D eigenvalue weighted by Crippen LogP contribution is 2.28. The van der Waals surface area contributed by atoms with Crippen LogP contribution in [0.3, 0.4) is 0 Å². The standard InChI is InChI=1S/C10H11N3O4S/c14-10(15)7-5-8(13(16)17)9(11-6-7)12-1-3-18-4-2-12/h5-6H,1-4H2,(H,14,15). The number of nitrogens with zero attached hydrogens (tertiary/aromatic N) is 3. The number of hydrogen-bond acceptors (Lipinski definition) is 6. The highest BCUT2D eigenvalue weighted by atomic mass is 32.2. The van der Waals surface area contributed by atoms with Crippen molar-refractivity contribution in [1.82, 2.24) is 4.98 Å². The molecule has 18 heavy (non-hydrogen) atoms. The molecule has 1 N–H and O–H groups in total. The SMILES string of the molecule is O=C(O)c1cnc(N2CCSCC2)c([N+](=O)[O-])c1. The Balaban J connectivity index is 2.39. The van der Waals surface area contributed by atoms with Crippen LogP contribution in [0.15, 0.2) is 12.3 Å². The molecule has 1 aromatic rings. The molecule has 0 unspecified atom stereocenters. The van der Waals surface area contributed by atoms with Crippen LogP contribution in [-0.4, -0.2) is 45.6 Å². The van der Waals surface area contributed by atoms with E-state index in [0.717, 1.165) is 23.8 Å². The highest BCUT2D eigenvalue weighted by Gasteiger charge is 2.24. The molecule has 1 saturated heterocycles. The van der Waals surface area contributed by atoms with E-state index in [9.17, 15) is 14.9 Å². The number of hydrogen-bond donors (Lipinski definition) is 1. The second kappa shape index (κ2) is 5.21. The lowest BCUT2D eigenvalue weighted by molar-refractivity contribution is -0.384.